The number of thiophene rings is 1. The minimum atomic E-state index is 0.234. The highest BCUT2D eigenvalue weighted by molar-refractivity contribution is 7.14. The van der Waals surface area contributed by atoms with Crippen LogP contribution in [0.4, 0.5) is 0 Å². The Bertz CT molecular complexity index is 400. The van der Waals surface area contributed by atoms with Crippen LogP contribution in [0.3, 0.4) is 0 Å². The van der Waals surface area contributed by atoms with Crippen molar-refractivity contribution in [3.05, 3.63) is 21.9 Å². The van der Waals surface area contributed by atoms with Gasteiger partial charge in [0.2, 0.25) is 0 Å². The lowest BCUT2D eigenvalue weighted by molar-refractivity contribution is 0.0875. The van der Waals surface area contributed by atoms with Gasteiger partial charge >= 0.3 is 0 Å². The number of hydrogen-bond donors (Lipinski definition) is 1. The maximum atomic E-state index is 12.1. The highest BCUT2D eigenvalue weighted by atomic mass is 32.1. The second-order valence-electron chi connectivity index (χ2n) is 5.09. The lowest BCUT2D eigenvalue weighted by atomic mass is 9.95. The average molecular weight is 267 g/mol. The minimum absolute atomic E-state index is 0.234. The molecule has 0 amide bonds. The zero-order valence-electron chi connectivity index (χ0n) is 10.9. The molecule has 1 fully saturated rings. The highest BCUT2D eigenvalue weighted by Crippen LogP contribution is 2.21. The van der Waals surface area contributed by atoms with Gasteiger partial charge in [-0.3, -0.25) is 9.69 Å². The van der Waals surface area contributed by atoms with Crippen LogP contribution in [0.2, 0.25) is 0 Å². The molecular weight excluding hydrogens is 246 g/mol. The van der Waals surface area contributed by atoms with Gasteiger partial charge in [0.1, 0.15) is 0 Å². The van der Waals surface area contributed by atoms with E-state index < -0.39 is 0 Å². The lowest BCUT2D eigenvalue weighted by Crippen LogP contribution is -2.38. The SMILES string of the molecule is Cc1ccc(C(=O)CN2CCCC(CCO)C2)s1. The number of nitrogens with zero attached hydrogens (tertiary/aromatic N) is 1. The Hall–Kier alpha value is -0.710. The molecule has 1 aliphatic heterocycles. The van der Waals surface area contributed by atoms with Crippen LogP contribution in [0.1, 0.15) is 33.8 Å². The Morgan fingerprint density at radius 3 is 3.06 bits per heavy atom. The van der Waals surface area contributed by atoms with E-state index in [1.807, 2.05) is 19.1 Å². The van der Waals surface area contributed by atoms with E-state index in [4.69, 9.17) is 5.11 Å². The molecule has 1 aromatic heterocycles. The Labute approximate surface area is 112 Å². The molecule has 4 heteroatoms. The van der Waals surface area contributed by atoms with Crippen LogP contribution >= 0.6 is 11.3 Å². The van der Waals surface area contributed by atoms with E-state index in [-0.39, 0.29) is 12.4 Å². The van der Waals surface area contributed by atoms with Crippen LogP contribution < -0.4 is 0 Å². The first-order valence-electron chi connectivity index (χ1n) is 6.62. The quantitative estimate of drug-likeness (QED) is 0.832. The van der Waals surface area contributed by atoms with Gasteiger partial charge in [-0.1, -0.05) is 0 Å². The molecule has 0 aromatic carbocycles. The summed E-state index contributed by atoms with van der Waals surface area (Å²) in [4.78, 5) is 16.4. The summed E-state index contributed by atoms with van der Waals surface area (Å²) in [5, 5.41) is 8.98. The summed E-state index contributed by atoms with van der Waals surface area (Å²) in [5.74, 6) is 0.791. The third-order valence-corrected chi connectivity index (χ3v) is 4.56. The van der Waals surface area contributed by atoms with Gasteiger partial charge in [-0.15, -0.1) is 11.3 Å². The maximum Gasteiger partial charge on any atom is 0.186 e. The largest absolute Gasteiger partial charge is 0.396 e. The van der Waals surface area contributed by atoms with E-state index in [1.165, 1.54) is 11.3 Å². The van der Waals surface area contributed by atoms with Crippen molar-refractivity contribution in [3.8, 4) is 0 Å². The van der Waals surface area contributed by atoms with Gasteiger partial charge in [-0.25, -0.2) is 0 Å². The molecule has 0 saturated carbocycles. The fourth-order valence-corrected chi connectivity index (χ4v) is 3.38. The molecule has 1 aliphatic rings. The van der Waals surface area contributed by atoms with E-state index in [9.17, 15) is 4.79 Å². The third kappa shape index (κ3) is 3.64. The van der Waals surface area contributed by atoms with Gasteiger partial charge in [0.05, 0.1) is 11.4 Å². The van der Waals surface area contributed by atoms with Crippen molar-refractivity contribution in [3.63, 3.8) is 0 Å². The van der Waals surface area contributed by atoms with Gasteiger partial charge in [-0.2, -0.15) is 0 Å². The molecule has 3 nitrogen and oxygen atoms in total. The van der Waals surface area contributed by atoms with Crippen LogP contribution in [0.5, 0.6) is 0 Å². The van der Waals surface area contributed by atoms with Crippen molar-refractivity contribution >= 4 is 17.1 Å². The van der Waals surface area contributed by atoms with E-state index in [0.717, 1.165) is 30.8 Å². The summed E-state index contributed by atoms with van der Waals surface area (Å²) in [7, 11) is 0. The van der Waals surface area contributed by atoms with E-state index in [0.29, 0.717) is 12.5 Å². The summed E-state index contributed by atoms with van der Waals surface area (Å²) in [5.41, 5.74) is 0. The summed E-state index contributed by atoms with van der Waals surface area (Å²) >= 11 is 1.58. The molecule has 100 valence electrons. The Balaban J connectivity index is 1.87. The van der Waals surface area contributed by atoms with Crippen LogP contribution in [0.15, 0.2) is 12.1 Å². The molecule has 2 rings (SSSR count). The molecule has 1 N–H and O–H groups in total. The molecule has 1 unspecified atom stereocenters. The number of carbonyl (C=O) groups excluding carboxylic acids is 1. The molecule has 1 atom stereocenters. The molecule has 0 bridgehead atoms. The number of hydrogen-bond acceptors (Lipinski definition) is 4. The second kappa shape index (κ2) is 6.45. The van der Waals surface area contributed by atoms with Crippen LogP contribution in [0.25, 0.3) is 0 Å². The summed E-state index contributed by atoms with van der Waals surface area (Å²) in [6, 6.07) is 3.93. The monoisotopic (exact) mass is 267 g/mol. The Morgan fingerprint density at radius 2 is 2.39 bits per heavy atom. The van der Waals surface area contributed by atoms with Crippen LogP contribution in [-0.4, -0.2) is 42.0 Å². The molecule has 2 heterocycles. The number of aryl methyl sites for hydroxylation is 1. The number of aliphatic hydroxyl groups is 1. The van der Waals surface area contributed by atoms with Crippen LogP contribution in [-0.2, 0) is 0 Å². The van der Waals surface area contributed by atoms with E-state index in [1.54, 1.807) is 11.3 Å². The molecular formula is C14H21NO2S. The van der Waals surface area contributed by atoms with Crippen molar-refractivity contribution in [1.82, 2.24) is 4.90 Å². The van der Waals surface area contributed by atoms with Gasteiger partial charge in [0.25, 0.3) is 0 Å². The Morgan fingerprint density at radius 1 is 1.56 bits per heavy atom. The summed E-state index contributed by atoms with van der Waals surface area (Å²) < 4.78 is 0. The third-order valence-electron chi connectivity index (χ3n) is 3.52. The standard InChI is InChI=1S/C14H21NO2S/c1-11-4-5-14(18-11)13(17)10-15-7-2-3-12(9-15)6-8-16/h4-5,12,16H,2-3,6-10H2,1H3. The molecule has 18 heavy (non-hydrogen) atoms. The van der Waals surface area contributed by atoms with Gasteiger partial charge in [-0.05, 0) is 50.8 Å². The van der Waals surface area contributed by atoms with Crippen molar-refractivity contribution in [2.45, 2.75) is 26.2 Å². The Kier molecular flexibility index (Phi) is 4.92. The predicted octanol–water partition coefficient (Wildman–Crippen LogP) is 2.33. The second-order valence-corrected chi connectivity index (χ2v) is 6.38. The number of rotatable bonds is 5. The topological polar surface area (TPSA) is 40.5 Å². The maximum absolute atomic E-state index is 12.1. The first-order valence-corrected chi connectivity index (χ1v) is 7.43. The zero-order chi connectivity index (χ0) is 13.0. The average Bonchev–Trinajstić information content (AvgIpc) is 2.77. The number of ketones is 1. The fraction of sp³-hybridized carbons (Fsp3) is 0.643. The van der Waals surface area contributed by atoms with Crippen LogP contribution in [0, 0.1) is 12.8 Å². The van der Waals surface area contributed by atoms with Crippen molar-refractivity contribution < 1.29 is 9.90 Å². The van der Waals surface area contributed by atoms with E-state index >= 15 is 0 Å². The fourth-order valence-electron chi connectivity index (χ4n) is 2.58. The molecule has 0 radical (unpaired) electrons. The number of piperidine rings is 1. The predicted molar refractivity (Wildman–Crippen MR) is 74.3 cm³/mol. The number of aliphatic hydroxyl groups excluding tert-OH is 1. The van der Waals surface area contributed by atoms with Crippen molar-refractivity contribution in [2.24, 2.45) is 5.92 Å². The van der Waals surface area contributed by atoms with Gasteiger partial charge in [0.15, 0.2) is 5.78 Å². The molecule has 1 saturated heterocycles. The number of likely N-dealkylation sites (tertiary alicyclic amines) is 1. The molecule has 1 aromatic rings. The van der Waals surface area contributed by atoms with Crippen molar-refractivity contribution in [1.29, 1.82) is 0 Å². The number of carbonyl (C=O) groups is 1. The summed E-state index contributed by atoms with van der Waals surface area (Å²) in [6.07, 6.45) is 3.19. The van der Waals surface area contributed by atoms with E-state index in [2.05, 4.69) is 4.90 Å². The highest BCUT2D eigenvalue weighted by Gasteiger charge is 2.21. The lowest BCUT2D eigenvalue weighted by Gasteiger charge is -2.31. The molecule has 0 spiro atoms. The minimum Gasteiger partial charge on any atom is -0.396 e. The first kappa shape index (κ1) is 13.7. The zero-order valence-corrected chi connectivity index (χ0v) is 11.7. The first-order chi connectivity index (χ1) is 8.69. The van der Waals surface area contributed by atoms with Gasteiger partial charge < -0.3 is 5.11 Å². The smallest absolute Gasteiger partial charge is 0.186 e. The van der Waals surface area contributed by atoms with Gasteiger partial charge in [0, 0.05) is 18.0 Å². The summed E-state index contributed by atoms with van der Waals surface area (Å²) in [6.45, 7) is 4.78. The van der Waals surface area contributed by atoms with Crippen molar-refractivity contribution in [2.75, 3.05) is 26.2 Å². The molecule has 0 aliphatic carbocycles. The number of Topliss-reactive ketones (excluding diaryl/α,β-unsaturated/α-hetero) is 1. The normalized spacial score (nSPS) is 21.1.